The molecule has 3 aromatic rings. The molecule has 28 heavy (non-hydrogen) atoms. The van der Waals surface area contributed by atoms with E-state index in [1.54, 1.807) is 11.0 Å². The third-order valence-electron chi connectivity index (χ3n) is 5.22. The molecule has 3 heterocycles. The summed E-state index contributed by atoms with van der Waals surface area (Å²) in [6.07, 6.45) is 5.47. The number of hydrogen-bond acceptors (Lipinski definition) is 4. The van der Waals surface area contributed by atoms with Crippen molar-refractivity contribution in [1.29, 1.82) is 0 Å². The summed E-state index contributed by atoms with van der Waals surface area (Å²) in [6.45, 7) is 2.57. The van der Waals surface area contributed by atoms with Crippen LogP contribution in [0.4, 0.5) is 0 Å². The summed E-state index contributed by atoms with van der Waals surface area (Å²) in [6, 6.07) is 9.69. The Kier molecular flexibility index (Phi) is 5.36. The maximum atomic E-state index is 12.5. The highest BCUT2D eigenvalue weighted by molar-refractivity contribution is 5.97. The lowest BCUT2D eigenvalue weighted by atomic mass is 9.97. The van der Waals surface area contributed by atoms with E-state index in [4.69, 9.17) is 0 Å². The molecule has 1 aliphatic heterocycles. The Labute approximate surface area is 162 Å². The van der Waals surface area contributed by atoms with Crippen LogP contribution in [0.3, 0.4) is 0 Å². The van der Waals surface area contributed by atoms with Gasteiger partial charge in [-0.1, -0.05) is 18.2 Å². The number of aromatic nitrogens is 4. The summed E-state index contributed by atoms with van der Waals surface area (Å²) in [5, 5.41) is 8.06. The number of H-pyrrole nitrogens is 1. The molecule has 0 radical (unpaired) electrons. The maximum Gasteiger partial charge on any atom is 0.267 e. The van der Waals surface area contributed by atoms with Crippen LogP contribution in [0.5, 0.6) is 0 Å². The molecule has 8 nitrogen and oxygen atoms in total. The summed E-state index contributed by atoms with van der Waals surface area (Å²) in [5.41, 5.74) is 1.52. The first-order chi connectivity index (χ1) is 13.7. The number of aromatic amines is 1. The number of amides is 2. The van der Waals surface area contributed by atoms with E-state index in [0.29, 0.717) is 31.7 Å². The van der Waals surface area contributed by atoms with Gasteiger partial charge in [-0.25, -0.2) is 4.98 Å². The van der Waals surface area contributed by atoms with Gasteiger partial charge in [-0.2, -0.15) is 5.10 Å². The molecule has 1 atom stereocenters. The standard InChI is InChI=1S/C20H24N6O2/c27-19(7-9-26-14-21-13-23-26)25-8-3-4-15(12-25)11-22-20(28)18-10-16-5-1-2-6-17(16)24-18/h1-2,5-6,10,13-15,24H,3-4,7-9,11-12H2,(H,22,28)/t15-/m0/s1. The van der Waals surface area contributed by atoms with E-state index in [-0.39, 0.29) is 17.7 Å². The summed E-state index contributed by atoms with van der Waals surface area (Å²) < 4.78 is 1.67. The van der Waals surface area contributed by atoms with E-state index in [2.05, 4.69) is 20.4 Å². The smallest absolute Gasteiger partial charge is 0.267 e. The van der Waals surface area contributed by atoms with E-state index in [0.717, 1.165) is 30.3 Å². The molecule has 0 aliphatic carbocycles. The fourth-order valence-corrected chi connectivity index (χ4v) is 3.70. The van der Waals surface area contributed by atoms with Gasteiger partial charge in [0, 0.05) is 37.0 Å². The molecule has 2 N–H and O–H groups in total. The zero-order chi connectivity index (χ0) is 19.3. The highest BCUT2D eigenvalue weighted by Crippen LogP contribution is 2.18. The van der Waals surface area contributed by atoms with Gasteiger partial charge < -0.3 is 15.2 Å². The number of piperidine rings is 1. The van der Waals surface area contributed by atoms with Crippen molar-refractivity contribution < 1.29 is 9.59 Å². The topological polar surface area (TPSA) is 95.9 Å². The fourth-order valence-electron chi connectivity index (χ4n) is 3.70. The zero-order valence-corrected chi connectivity index (χ0v) is 15.7. The second kappa shape index (κ2) is 8.24. The van der Waals surface area contributed by atoms with Crippen LogP contribution in [0.2, 0.25) is 0 Å². The molecule has 0 spiro atoms. The number of benzene rings is 1. The summed E-state index contributed by atoms with van der Waals surface area (Å²) in [7, 11) is 0. The monoisotopic (exact) mass is 380 g/mol. The largest absolute Gasteiger partial charge is 0.351 e. The molecule has 146 valence electrons. The number of hydrogen-bond donors (Lipinski definition) is 2. The average molecular weight is 380 g/mol. The first-order valence-electron chi connectivity index (χ1n) is 9.65. The van der Waals surface area contributed by atoms with Crippen LogP contribution >= 0.6 is 0 Å². The number of likely N-dealkylation sites (tertiary alicyclic amines) is 1. The Morgan fingerprint density at radius 2 is 2.18 bits per heavy atom. The van der Waals surface area contributed by atoms with Gasteiger partial charge in [0.1, 0.15) is 18.3 Å². The van der Waals surface area contributed by atoms with Gasteiger partial charge in [0.2, 0.25) is 5.91 Å². The Bertz CT molecular complexity index is 916. The summed E-state index contributed by atoms with van der Waals surface area (Å²) in [5.74, 6) is 0.297. The third kappa shape index (κ3) is 4.21. The van der Waals surface area contributed by atoms with Crippen LogP contribution in [0.25, 0.3) is 10.9 Å². The SMILES string of the molecule is O=C(NC[C@@H]1CCCN(C(=O)CCn2cncn2)C1)c1cc2ccccc2[nH]1. The lowest BCUT2D eigenvalue weighted by molar-refractivity contribution is -0.133. The number of nitrogens with zero attached hydrogens (tertiary/aromatic N) is 4. The Balaban J connectivity index is 1.27. The molecule has 1 aliphatic rings. The van der Waals surface area contributed by atoms with Gasteiger partial charge in [0.05, 0.1) is 6.54 Å². The molecule has 0 unspecified atom stereocenters. The molecule has 4 rings (SSSR count). The number of nitrogens with one attached hydrogen (secondary N) is 2. The number of carbonyl (C=O) groups is 2. The predicted molar refractivity (Wildman–Crippen MR) is 105 cm³/mol. The lowest BCUT2D eigenvalue weighted by Gasteiger charge is -2.33. The number of para-hydroxylation sites is 1. The fraction of sp³-hybridized carbons (Fsp3) is 0.400. The molecule has 0 saturated carbocycles. The van der Waals surface area contributed by atoms with Crippen molar-refractivity contribution in [1.82, 2.24) is 30.0 Å². The second-order valence-corrected chi connectivity index (χ2v) is 7.24. The Morgan fingerprint density at radius 3 is 3.00 bits per heavy atom. The number of fused-ring (bicyclic) bond motifs is 1. The molecular formula is C20H24N6O2. The van der Waals surface area contributed by atoms with Crippen LogP contribution in [0.1, 0.15) is 29.8 Å². The minimum atomic E-state index is -0.106. The van der Waals surface area contributed by atoms with E-state index in [1.165, 1.54) is 6.33 Å². The van der Waals surface area contributed by atoms with Crippen molar-refractivity contribution in [2.45, 2.75) is 25.8 Å². The lowest BCUT2D eigenvalue weighted by Crippen LogP contribution is -2.44. The molecule has 1 aromatic carbocycles. The normalized spacial score (nSPS) is 17.0. The van der Waals surface area contributed by atoms with E-state index < -0.39 is 0 Å². The summed E-state index contributed by atoms with van der Waals surface area (Å²) >= 11 is 0. The average Bonchev–Trinajstić information content (AvgIpc) is 3.40. The van der Waals surface area contributed by atoms with Crippen molar-refractivity contribution >= 4 is 22.7 Å². The first kappa shape index (κ1) is 18.2. The van der Waals surface area contributed by atoms with E-state index >= 15 is 0 Å². The van der Waals surface area contributed by atoms with Gasteiger partial charge in [0.15, 0.2) is 0 Å². The number of aryl methyl sites for hydroxylation is 1. The Hall–Kier alpha value is -3.16. The molecule has 2 aromatic heterocycles. The van der Waals surface area contributed by atoms with E-state index in [9.17, 15) is 9.59 Å². The molecular weight excluding hydrogens is 356 g/mol. The molecule has 2 amide bonds. The Morgan fingerprint density at radius 1 is 1.29 bits per heavy atom. The van der Waals surface area contributed by atoms with Crippen LogP contribution in [-0.4, -0.2) is 56.1 Å². The van der Waals surface area contributed by atoms with Crippen LogP contribution < -0.4 is 5.32 Å². The van der Waals surface area contributed by atoms with Gasteiger partial charge in [-0.3, -0.25) is 14.3 Å². The predicted octanol–water partition coefficient (Wildman–Crippen LogP) is 1.82. The minimum Gasteiger partial charge on any atom is -0.351 e. The van der Waals surface area contributed by atoms with Crippen LogP contribution in [0.15, 0.2) is 43.0 Å². The minimum absolute atomic E-state index is 0.106. The second-order valence-electron chi connectivity index (χ2n) is 7.24. The molecule has 1 fully saturated rings. The van der Waals surface area contributed by atoms with Crippen molar-refractivity contribution in [3.05, 3.63) is 48.7 Å². The highest BCUT2D eigenvalue weighted by Gasteiger charge is 2.24. The number of carbonyl (C=O) groups excluding carboxylic acids is 2. The van der Waals surface area contributed by atoms with Gasteiger partial charge in [-0.05, 0) is 30.9 Å². The molecule has 8 heteroatoms. The van der Waals surface area contributed by atoms with Crippen molar-refractivity contribution in [2.75, 3.05) is 19.6 Å². The first-order valence-corrected chi connectivity index (χ1v) is 9.65. The van der Waals surface area contributed by atoms with Crippen molar-refractivity contribution in [3.63, 3.8) is 0 Å². The van der Waals surface area contributed by atoms with Crippen LogP contribution in [-0.2, 0) is 11.3 Å². The molecule has 1 saturated heterocycles. The van der Waals surface area contributed by atoms with Crippen molar-refractivity contribution in [2.24, 2.45) is 5.92 Å². The van der Waals surface area contributed by atoms with E-state index in [1.807, 2.05) is 35.2 Å². The van der Waals surface area contributed by atoms with Gasteiger partial charge in [0.25, 0.3) is 5.91 Å². The zero-order valence-electron chi connectivity index (χ0n) is 15.7. The van der Waals surface area contributed by atoms with Crippen molar-refractivity contribution in [3.8, 4) is 0 Å². The highest BCUT2D eigenvalue weighted by atomic mass is 16.2. The third-order valence-corrected chi connectivity index (χ3v) is 5.22. The molecule has 0 bridgehead atoms. The van der Waals surface area contributed by atoms with Gasteiger partial charge >= 0.3 is 0 Å². The summed E-state index contributed by atoms with van der Waals surface area (Å²) in [4.78, 5) is 33.9. The maximum absolute atomic E-state index is 12.5. The quantitative estimate of drug-likeness (QED) is 0.682. The number of rotatable bonds is 6. The van der Waals surface area contributed by atoms with Crippen LogP contribution in [0, 0.1) is 5.92 Å². The van der Waals surface area contributed by atoms with Gasteiger partial charge in [-0.15, -0.1) is 0 Å².